The molecular weight excluding hydrogens is 334 g/mol. The lowest BCUT2D eigenvalue weighted by Gasteiger charge is -2.19. The number of anilines is 1. The molecule has 2 aromatic rings. The molecule has 0 heterocycles. The van der Waals surface area contributed by atoms with Gasteiger partial charge in [0.2, 0.25) is 0 Å². The maximum atomic E-state index is 12.7. The van der Waals surface area contributed by atoms with E-state index in [0.717, 1.165) is 31.2 Å². The number of halogens is 1. The van der Waals surface area contributed by atoms with Crippen LogP contribution in [0.2, 0.25) is 5.02 Å². The Morgan fingerprint density at radius 2 is 1.78 bits per heavy atom. The third kappa shape index (κ3) is 3.46. The van der Waals surface area contributed by atoms with Crippen LogP contribution in [0.15, 0.2) is 41.3 Å². The Kier molecular flexibility index (Phi) is 4.50. The van der Waals surface area contributed by atoms with Crippen LogP contribution in [-0.2, 0) is 22.9 Å². The number of methoxy groups -OCH3 is 1. The van der Waals surface area contributed by atoms with Gasteiger partial charge in [0, 0.05) is 5.02 Å². The Morgan fingerprint density at radius 3 is 2.43 bits per heavy atom. The largest absolute Gasteiger partial charge is 0.495 e. The molecule has 0 amide bonds. The van der Waals surface area contributed by atoms with Crippen molar-refractivity contribution >= 4 is 27.3 Å². The second-order valence-corrected chi connectivity index (χ2v) is 7.68. The molecule has 0 bridgehead atoms. The molecule has 0 fully saturated rings. The minimum atomic E-state index is -3.74. The quantitative estimate of drug-likeness (QED) is 0.904. The van der Waals surface area contributed by atoms with Crippen molar-refractivity contribution in [2.24, 2.45) is 0 Å². The Labute approximate surface area is 141 Å². The molecule has 122 valence electrons. The fourth-order valence-corrected chi connectivity index (χ4v) is 4.31. The second kappa shape index (κ2) is 6.42. The van der Waals surface area contributed by atoms with E-state index in [1.807, 2.05) is 6.07 Å². The highest BCUT2D eigenvalue weighted by atomic mass is 35.5. The summed E-state index contributed by atoms with van der Waals surface area (Å²) in [6, 6.07) is 10.2. The van der Waals surface area contributed by atoms with Gasteiger partial charge in [0.1, 0.15) is 10.6 Å². The molecule has 0 radical (unpaired) electrons. The van der Waals surface area contributed by atoms with Crippen LogP contribution in [0.4, 0.5) is 5.69 Å². The van der Waals surface area contributed by atoms with Gasteiger partial charge in [-0.1, -0.05) is 17.7 Å². The normalized spacial score (nSPS) is 14.2. The highest BCUT2D eigenvalue weighted by molar-refractivity contribution is 7.92. The first-order valence-electron chi connectivity index (χ1n) is 7.48. The number of hydrogen-bond donors (Lipinski definition) is 1. The molecule has 6 heteroatoms. The average Bonchev–Trinajstić information content (AvgIpc) is 2.53. The van der Waals surface area contributed by atoms with Crippen LogP contribution in [-0.4, -0.2) is 15.5 Å². The standard InChI is InChI=1S/C17H18ClNO3S/c1-22-16-9-12-5-2-3-6-13(12)10-17(16)23(20,21)19-15-8-4-7-14(18)11-15/h4,7-11,19H,2-3,5-6H2,1H3. The van der Waals surface area contributed by atoms with E-state index in [-0.39, 0.29) is 4.90 Å². The lowest BCUT2D eigenvalue weighted by Crippen LogP contribution is -2.16. The first-order valence-corrected chi connectivity index (χ1v) is 9.34. The first-order chi connectivity index (χ1) is 11.0. The van der Waals surface area contributed by atoms with Crippen molar-refractivity contribution in [3.8, 4) is 5.75 Å². The van der Waals surface area contributed by atoms with Crippen LogP contribution < -0.4 is 9.46 Å². The average molecular weight is 352 g/mol. The smallest absolute Gasteiger partial charge is 0.265 e. The number of rotatable bonds is 4. The zero-order valence-corrected chi connectivity index (χ0v) is 14.4. The van der Waals surface area contributed by atoms with Gasteiger partial charge < -0.3 is 4.74 Å². The molecule has 1 N–H and O–H groups in total. The number of ether oxygens (including phenoxy) is 1. The maximum absolute atomic E-state index is 12.7. The summed E-state index contributed by atoms with van der Waals surface area (Å²) in [6.07, 6.45) is 4.08. The van der Waals surface area contributed by atoms with E-state index in [1.54, 1.807) is 30.3 Å². The monoisotopic (exact) mass is 351 g/mol. The summed E-state index contributed by atoms with van der Waals surface area (Å²) in [5.74, 6) is 0.375. The molecule has 0 unspecified atom stereocenters. The predicted molar refractivity (Wildman–Crippen MR) is 91.9 cm³/mol. The van der Waals surface area contributed by atoms with E-state index >= 15 is 0 Å². The molecule has 0 spiro atoms. The van der Waals surface area contributed by atoms with Crippen molar-refractivity contribution in [2.75, 3.05) is 11.8 Å². The van der Waals surface area contributed by atoms with Gasteiger partial charge in [-0.05, 0) is 67.1 Å². The molecule has 0 saturated carbocycles. The number of fused-ring (bicyclic) bond motifs is 1. The van der Waals surface area contributed by atoms with E-state index in [4.69, 9.17) is 16.3 Å². The Balaban J connectivity index is 2.01. The molecule has 2 aromatic carbocycles. The number of sulfonamides is 1. The first kappa shape index (κ1) is 16.1. The van der Waals surface area contributed by atoms with Gasteiger partial charge in [-0.25, -0.2) is 8.42 Å². The number of nitrogens with one attached hydrogen (secondary N) is 1. The number of benzene rings is 2. The molecule has 0 saturated heterocycles. The van der Waals surface area contributed by atoms with Gasteiger partial charge in [0.05, 0.1) is 12.8 Å². The molecular formula is C17H18ClNO3S. The fourth-order valence-electron chi connectivity index (χ4n) is 2.87. The molecule has 0 aromatic heterocycles. The Hall–Kier alpha value is -1.72. The van der Waals surface area contributed by atoms with Gasteiger partial charge in [-0.2, -0.15) is 0 Å². The zero-order chi connectivity index (χ0) is 16.4. The van der Waals surface area contributed by atoms with Crippen LogP contribution in [0, 0.1) is 0 Å². The predicted octanol–water partition coefficient (Wildman–Crippen LogP) is 4.03. The van der Waals surface area contributed by atoms with E-state index in [9.17, 15) is 8.42 Å². The van der Waals surface area contributed by atoms with Crippen LogP contribution >= 0.6 is 11.6 Å². The van der Waals surface area contributed by atoms with Crippen molar-refractivity contribution in [1.82, 2.24) is 0 Å². The van der Waals surface area contributed by atoms with Crippen molar-refractivity contribution in [1.29, 1.82) is 0 Å². The van der Waals surface area contributed by atoms with Crippen molar-refractivity contribution in [3.63, 3.8) is 0 Å². The van der Waals surface area contributed by atoms with E-state index in [0.29, 0.717) is 16.5 Å². The summed E-state index contributed by atoms with van der Waals surface area (Å²) in [4.78, 5) is 0.167. The van der Waals surface area contributed by atoms with E-state index in [2.05, 4.69) is 4.72 Å². The minimum Gasteiger partial charge on any atom is -0.495 e. The summed E-state index contributed by atoms with van der Waals surface area (Å²) in [7, 11) is -2.25. The van der Waals surface area contributed by atoms with Crippen LogP contribution in [0.3, 0.4) is 0 Å². The number of aryl methyl sites for hydroxylation is 2. The van der Waals surface area contributed by atoms with Gasteiger partial charge >= 0.3 is 0 Å². The SMILES string of the molecule is COc1cc2c(cc1S(=O)(=O)Nc1cccc(Cl)c1)CCCC2. The summed E-state index contributed by atoms with van der Waals surface area (Å²) in [5.41, 5.74) is 2.69. The van der Waals surface area contributed by atoms with E-state index in [1.165, 1.54) is 12.7 Å². The molecule has 1 aliphatic carbocycles. The minimum absolute atomic E-state index is 0.167. The Morgan fingerprint density at radius 1 is 1.09 bits per heavy atom. The zero-order valence-electron chi connectivity index (χ0n) is 12.8. The van der Waals surface area contributed by atoms with Crippen LogP contribution in [0.5, 0.6) is 5.75 Å². The third-order valence-corrected chi connectivity index (χ3v) is 5.63. The Bertz CT molecular complexity index is 834. The lowest BCUT2D eigenvalue weighted by atomic mass is 9.92. The van der Waals surface area contributed by atoms with Crippen molar-refractivity contribution in [2.45, 2.75) is 30.6 Å². The molecule has 0 aliphatic heterocycles. The van der Waals surface area contributed by atoms with Crippen molar-refractivity contribution < 1.29 is 13.2 Å². The highest BCUT2D eigenvalue weighted by Crippen LogP contribution is 2.33. The van der Waals surface area contributed by atoms with Crippen LogP contribution in [0.1, 0.15) is 24.0 Å². The maximum Gasteiger partial charge on any atom is 0.265 e. The highest BCUT2D eigenvalue weighted by Gasteiger charge is 2.23. The van der Waals surface area contributed by atoms with Gasteiger partial charge in [-0.3, -0.25) is 4.72 Å². The lowest BCUT2D eigenvalue weighted by molar-refractivity contribution is 0.401. The summed E-state index contributed by atoms with van der Waals surface area (Å²) in [6.45, 7) is 0. The number of hydrogen-bond acceptors (Lipinski definition) is 3. The summed E-state index contributed by atoms with van der Waals surface area (Å²) < 4.78 is 33.4. The van der Waals surface area contributed by atoms with E-state index < -0.39 is 10.0 Å². The third-order valence-electron chi connectivity index (χ3n) is 3.99. The molecule has 4 nitrogen and oxygen atoms in total. The molecule has 3 rings (SSSR count). The summed E-state index contributed by atoms with van der Waals surface area (Å²) in [5, 5.41) is 0.475. The molecule has 1 aliphatic rings. The van der Waals surface area contributed by atoms with Gasteiger partial charge in [0.25, 0.3) is 10.0 Å². The van der Waals surface area contributed by atoms with Crippen molar-refractivity contribution in [3.05, 3.63) is 52.5 Å². The molecule has 0 atom stereocenters. The van der Waals surface area contributed by atoms with Crippen LogP contribution in [0.25, 0.3) is 0 Å². The van der Waals surface area contributed by atoms with Gasteiger partial charge in [-0.15, -0.1) is 0 Å². The topological polar surface area (TPSA) is 55.4 Å². The van der Waals surface area contributed by atoms with Gasteiger partial charge in [0.15, 0.2) is 0 Å². The second-order valence-electron chi connectivity index (χ2n) is 5.59. The molecule has 23 heavy (non-hydrogen) atoms. The summed E-state index contributed by atoms with van der Waals surface area (Å²) >= 11 is 5.91. The fraction of sp³-hybridized carbons (Fsp3) is 0.294.